The molecule has 3 fully saturated rings. The molecule has 1 aromatic rings. The maximum Gasteiger partial charge on any atom is 0.306 e. The van der Waals surface area contributed by atoms with Crippen molar-refractivity contribution in [2.45, 2.75) is 109 Å². The molecule has 0 aliphatic heterocycles. The number of nitrogens with zero attached hydrogens (tertiary/aromatic N) is 1. The summed E-state index contributed by atoms with van der Waals surface area (Å²) < 4.78 is 5.41. The minimum absolute atomic E-state index is 0.0358. The van der Waals surface area contributed by atoms with E-state index in [9.17, 15) is 4.79 Å². The van der Waals surface area contributed by atoms with Crippen molar-refractivity contribution in [1.29, 1.82) is 0 Å². The third kappa shape index (κ3) is 7.23. The highest BCUT2D eigenvalue weighted by molar-refractivity contribution is 6.30. The van der Waals surface area contributed by atoms with Crippen LogP contribution >= 0.6 is 11.6 Å². The van der Waals surface area contributed by atoms with E-state index in [1.54, 1.807) is 0 Å². The van der Waals surface area contributed by atoms with Gasteiger partial charge in [0, 0.05) is 36.5 Å². The van der Waals surface area contributed by atoms with Crippen molar-refractivity contribution in [3.8, 4) is 0 Å². The molecule has 4 rings (SSSR count). The fourth-order valence-corrected chi connectivity index (χ4v) is 7.49. The van der Waals surface area contributed by atoms with E-state index in [0.717, 1.165) is 23.3 Å². The number of hydrogen-bond donors (Lipinski definition) is 0. The lowest BCUT2D eigenvalue weighted by Gasteiger charge is -2.47. The molecule has 3 atom stereocenters. The first-order valence-corrected chi connectivity index (χ1v) is 14.7. The molecule has 0 N–H and O–H groups in total. The number of rotatable bonds is 9. The van der Waals surface area contributed by atoms with Crippen LogP contribution in [0.15, 0.2) is 24.3 Å². The molecule has 3 nitrogen and oxygen atoms in total. The second kappa shape index (κ2) is 13.3. The van der Waals surface area contributed by atoms with Crippen LogP contribution in [0.25, 0.3) is 0 Å². The molecule has 0 radical (unpaired) electrons. The summed E-state index contributed by atoms with van der Waals surface area (Å²) in [6, 6.07) is 8.99. The Morgan fingerprint density at radius 3 is 2.15 bits per heavy atom. The van der Waals surface area contributed by atoms with E-state index in [0.29, 0.717) is 30.9 Å². The van der Waals surface area contributed by atoms with Gasteiger partial charge in [0.25, 0.3) is 0 Å². The van der Waals surface area contributed by atoms with Gasteiger partial charge in [-0.1, -0.05) is 68.7 Å². The minimum Gasteiger partial charge on any atom is -0.466 e. The molecule has 1 aromatic carbocycles. The molecule has 34 heavy (non-hydrogen) atoms. The molecular weight excluding hydrogens is 442 g/mol. The number of halogens is 1. The Kier molecular flexibility index (Phi) is 10.2. The Morgan fingerprint density at radius 1 is 0.912 bits per heavy atom. The summed E-state index contributed by atoms with van der Waals surface area (Å²) in [5, 5.41) is 0.808. The molecule has 3 saturated carbocycles. The van der Waals surface area contributed by atoms with Crippen LogP contribution in [0.4, 0.5) is 0 Å². The second-order valence-electron chi connectivity index (χ2n) is 11.3. The van der Waals surface area contributed by atoms with Gasteiger partial charge in [-0.15, -0.1) is 0 Å². The van der Waals surface area contributed by atoms with Gasteiger partial charge in [-0.25, -0.2) is 0 Å². The Bertz CT molecular complexity index is 736. The topological polar surface area (TPSA) is 29.5 Å². The van der Waals surface area contributed by atoms with Gasteiger partial charge < -0.3 is 4.74 Å². The quantitative estimate of drug-likeness (QED) is 0.330. The molecule has 0 saturated heterocycles. The van der Waals surface area contributed by atoms with Crippen molar-refractivity contribution in [2.24, 2.45) is 17.8 Å². The van der Waals surface area contributed by atoms with E-state index < -0.39 is 0 Å². The van der Waals surface area contributed by atoms with Crippen LogP contribution in [0.5, 0.6) is 0 Å². The Labute approximate surface area is 213 Å². The van der Waals surface area contributed by atoms with E-state index in [2.05, 4.69) is 23.1 Å². The first-order valence-electron chi connectivity index (χ1n) is 14.3. The zero-order valence-electron chi connectivity index (χ0n) is 21.4. The summed E-state index contributed by atoms with van der Waals surface area (Å²) in [6.45, 7) is 4.85. The van der Waals surface area contributed by atoms with Gasteiger partial charge in [0.05, 0.1) is 6.61 Å². The number of hydrogen-bond acceptors (Lipinski definition) is 3. The van der Waals surface area contributed by atoms with Crippen LogP contribution < -0.4 is 0 Å². The van der Waals surface area contributed by atoms with Crippen molar-refractivity contribution in [1.82, 2.24) is 4.90 Å². The largest absolute Gasteiger partial charge is 0.466 e. The van der Waals surface area contributed by atoms with Gasteiger partial charge in [-0.05, 0) is 80.9 Å². The summed E-state index contributed by atoms with van der Waals surface area (Å²) in [6.07, 6.45) is 18.1. The van der Waals surface area contributed by atoms with E-state index in [4.69, 9.17) is 16.3 Å². The maximum atomic E-state index is 12.6. The fraction of sp³-hybridized carbons (Fsp3) is 0.767. The molecule has 0 unspecified atom stereocenters. The van der Waals surface area contributed by atoms with Crippen molar-refractivity contribution < 1.29 is 9.53 Å². The number of carbonyl (C=O) groups is 1. The Hall–Kier alpha value is -1.06. The maximum absolute atomic E-state index is 12.6. The summed E-state index contributed by atoms with van der Waals surface area (Å²) in [5.74, 6) is 2.32. The van der Waals surface area contributed by atoms with Crippen LogP contribution in [-0.4, -0.2) is 36.6 Å². The number of esters is 1. The molecule has 0 bridgehead atoms. The standard InChI is InChI=1S/C30H46ClNO2/c1-2-34-29(33)20-26-16-10-18-28(30(26)25-15-9-17-27(31)19-25)32(21-23-11-5-3-6-12-23)22-24-13-7-4-8-14-24/h9,15,17,19,23-24,26,28,30H,2-8,10-14,16,18,20-22H2,1H3/t26-,28-,30-/m1/s1. The number of benzene rings is 1. The predicted molar refractivity (Wildman–Crippen MR) is 141 cm³/mol. The molecule has 0 aromatic heterocycles. The van der Waals surface area contributed by atoms with Crippen LogP contribution in [0.1, 0.15) is 108 Å². The average molecular weight is 488 g/mol. The van der Waals surface area contributed by atoms with Gasteiger partial charge in [-0.2, -0.15) is 0 Å². The SMILES string of the molecule is CCOC(=O)C[C@H]1CCC[C@@H](N(CC2CCCCC2)CC2CCCCC2)[C@@H]1c1cccc(Cl)c1. The van der Waals surface area contributed by atoms with Gasteiger partial charge in [-0.3, -0.25) is 9.69 Å². The van der Waals surface area contributed by atoms with Crippen molar-refractivity contribution in [3.63, 3.8) is 0 Å². The minimum atomic E-state index is -0.0358. The van der Waals surface area contributed by atoms with Crippen LogP contribution in [-0.2, 0) is 9.53 Å². The van der Waals surface area contributed by atoms with E-state index in [1.807, 2.05) is 13.0 Å². The molecule has 3 aliphatic rings. The lowest BCUT2D eigenvalue weighted by Crippen LogP contribution is -2.49. The average Bonchev–Trinajstić information content (AvgIpc) is 2.85. The van der Waals surface area contributed by atoms with Gasteiger partial charge in [0.2, 0.25) is 0 Å². The molecule has 0 amide bonds. The van der Waals surface area contributed by atoms with Crippen molar-refractivity contribution in [3.05, 3.63) is 34.9 Å². The molecule has 3 aliphatic carbocycles. The van der Waals surface area contributed by atoms with Crippen LogP contribution in [0, 0.1) is 17.8 Å². The highest BCUT2D eigenvalue weighted by Crippen LogP contribution is 2.44. The zero-order valence-corrected chi connectivity index (χ0v) is 22.1. The zero-order chi connectivity index (χ0) is 23.8. The lowest BCUT2D eigenvalue weighted by molar-refractivity contribution is -0.145. The normalized spacial score (nSPS) is 27.1. The molecule has 4 heteroatoms. The molecule has 0 spiro atoms. The highest BCUT2D eigenvalue weighted by atomic mass is 35.5. The summed E-state index contributed by atoms with van der Waals surface area (Å²) >= 11 is 6.50. The Balaban J connectivity index is 1.61. The van der Waals surface area contributed by atoms with Crippen molar-refractivity contribution in [2.75, 3.05) is 19.7 Å². The van der Waals surface area contributed by atoms with E-state index in [1.165, 1.54) is 95.7 Å². The number of ether oxygens (including phenoxy) is 1. The van der Waals surface area contributed by atoms with Crippen LogP contribution in [0.2, 0.25) is 5.02 Å². The smallest absolute Gasteiger partial charge is 0.306 e. The van der Waals surface area contributed by atoms with E-state index >= 15 is 0 Å². The first kappa shape index (κ1) is 26.0. The van der Waals surface area contributed by atoms with Gasteiger partial charge >= 0.3 is 5.97 Å². The highest BCUT2D eigenvalue weighted by Gasteiger charge is 2.40. The third-order valence-corrected chi connectivity index (χ3v) is 9.10. The Morgan fingerprint density at radius 2 is 1.56 bits per heavy atom. The fourth-order valence-electron chi connectivity index (χ4n) is 7.29. The lowest BCUT2D eigenvalue weighted by atomic mass is 9.70. The second-order valence-corrected chi connectivity index (χ2v) is 11.7. The monoisotopic (exact) mass is 487 g/mol. The van der Waals surface area contributed by atoms with Crippen LogP contribution in [0.3, 0.4) is 0 Å². The van der Waals surface area contributed by atoms with Gasteiger partial charge in [0.15, 0.2) is 0 Å². The summed E-state index contributed by atoms with van der Waals surface area (Å²) in [4.78, 5) is 15.5. The summed E-state index contributed by atoms with van der Waals surface area (Å²) in [7, 11) is 0. The molecule has 190 valence electrons. The molecular formula is C30H46ClNO2. The van der Waals surface area contributed by atoms with Gasteiger partial charge in [0.1, 0.15) is 0 Å². The summed E-state index contributed by atoms with van der Waals surface area (Å²) in [5.41, 5.74) is 1.32. The number of carbonyl (C=O) groups excluding carboxylic acids is 1. The third-order valence-electron chi connectivity index (χ3n) is 8.87. The van der Waals surface area contributed by atoms with E-state index in [-0.39, 0.29) is 5.97 Å². The van der Waals surface area contributed by atoms with Crippen molar-refractivity contribution >= 4 is 17.6 Å². The molecule has 0 heterocycles. The predicted octanol–water partition coefficient (Wildman–Crippen LogP) is 8.01. The first-order chi connectivity index (χ1) is 16.6.